The number of guanidine groups is 1. The van der Waals surface area contributed by atoms with Gasteiger partial charge in [0.05, 0.1) is 18.8 Å². The summed E-state index contributed by atoms with van der Waals surface area (Å²) in [5.74, 6) is 2.90. The molecule has 0 saturated carbocycles. The molecule has 0 spiro atoms. The molecule has 0 saturated heterocycles. The monoisotopic (exact) mass is 386 g/mol. The maximum atomic E-state index is 4.88. The van der Waals surface area contributed by atoms with E-state index >= 15 is 0 Å². The van der Waals surface area contributed by atoms with Crippen LogP contribution in [0.3, 0.4) is 0 Å². The van der Waals surface area contributed by atoms with Crippen LogP contribution in [0.1, 0.15) is 62.7 Å². The van der Waals surface area contributed by atoms with Crippen molar-refractivity contribution in [1.82, 2.24) is 35.2 Å². The second-order valence-corrected chi connectivity index (χ2v) is 7.26. The molecule has 154 valence electrons. The van der Waals surface area contributed by atoms with Gasteiger partial charge in [-0.1, -0.05) is 20.8 Å². The summed E-state index contributed by atoms with van der Waals surface area (Å²) in [6.45, 7) is 10.8. The Morgan fingerprint density at radius 3 is 2.64 bits per heavy atom. The molecule has 2 N–H and O–H groups in total. The summed E-state index contributed by atoms with van der Waals surface area (Å²) >= 11 is 0. The van der Waals surface area contributed by atoms with E-state index in [1.807, 2.05) is 11.7 Å². The summed E-state index contributed by atoms with van der Waals surface area (Å²) in [7, 11) is 2.02. The number of aryl methyl sites for hydroxylation is 4. The molecule has 0 aromatic carbocycles. The molecule has 1 unspecified atom stereocenters. The molecule has 1 aliphatic rings. The second-order valence-electron chi connectivity index (χ2n) is 7.26. The van der Waals surface area contributed by atoms with Crippen LogP contribution >= 0.6 is 0 Å². The van der Waals surface area contributed by atoms with E-state index in [4.69, 9.17) is 4.99 Å². The van der Waals surface area contributed by atoms with Gasteiger partial charge in [0.25, 0.3) is 0 Å². The van der Waals surface area contributed by atoms with Crippen molar-refractivity contribution in [2.45, 2.75) is 78.9 Å². The van der Waals surface area contributed by atoms with Crippen molar-refractivity contribution in [3.05, 3.63) is 28.6 Å². The Bertz CT molecular complexity index is 817. The highest BCUT2D eigenvalue weighted by atomic mass is 15.4. The number of hydrogen-bond acceptors (Lipinski definition) is 4. The third-order valence-electron chi connectivity index (χ3n) is 5.33. The van der Waals surface area contributed by atoms with E-state index in [1.165, 1.54) is 11.3 Å². The molecule has 28 heavy (non-hydrogen) atoms. The Morgan fingerprint density at radius 2 is 1.96 bits per heavy atom. The molecule has 1 aliphatic heterocycles. The molecule has 2 aromatic heterocycles. The summed E-state index contributed by atoms with van der Waals surface area (Å²) in [5.41, 5.74) is 3.68. The van der Waals surface area contributed by atoms with Crippen LogP contribution in [0.25, 0.3) is 0 Å². The van der Waals surface area contributed by atoms with E-state index in [9.17, 15) is 0 Å². The lowest BCUT2D eigenvalue weighted by molar-refractivity contribution is 0.392. The highest BCUT2D eigenvalue weighted by molar-refractivity contribution is 5.80. The van der Waals surface area contributed by atoms with Crippen LogP contribution in [0.5, 0.6) is 0 Å². The van der Waals surface area contributed by atoms with Gasteiger partial charge in [-0.2, -0.15) is 10.2 Å². The Morgan fingerprint density at radius 1 is 1.14 bits per heavy atom. The predicted molar refractivity (Wildman–Crippen MR) is 111 cm³/mol. The number of fused-ring (bicyclic) bond motifs is 1. The lowest BCUT2D eigenvalue weighted by atomic mass is 10.1. The molecular formula is C20H34N8. The maximum absolute atomic E-state index is 4.88. The Labute approximate surface area is 167 Å². The van der Waals surface area contributed by atoms with Gasteiger partial charge in [-0.15, -0.1) is 0 Å². The third kappa shape index (κ3) is 4.36. The summed E-state index contributed by atoms with van der Waals surface area (Å²) in [4.78, 5) is 9.49. The van der Waals surface area contributed by atoms with Crippen molar-refractivity contribution in [3.63, 3.8) is 0 Å². The Kier molecular flexibility index (Phi) is 6.70. The molecular weight excluding hydrogens is 352 g/mol. The van der Waals surface area contributed by atoms with Gasteiger partial charge >= 0.3 is 0 Å². The Hall–Kier alpha value is -2.38. The number of rotatable bonds is 7. The van der Waals surface area contributed by atoms with Crippen LogP contribution in [-0.4, -0.2) is 43.1 Å². The van der Waals surface area contributed by atoms with Gasteiger partial charge in [0.1, 0.15) is 5.82 Å². The fourth-order valence-electron chi connectivity index (χ4n) is 3.87. The van der Waals surface area contributed by atoms with Crippen LogP contribution < -0.4 is 10.6 Å². The van der Waals surface area contributed by atoms with E-state index in [0.29, 0.717) is 12.6 Å². The lowest BCUT2D eigenvalue weighted by Crippen LogP contribution is -2.47. The van der Waals surface area contributed by atoms with Crippen LogP contribution in [-0.2, 0) is 45.8 Å². The fourth-order valence-corrected chi connectivity index (χ4v) is 3.87. The van der Waals surface area contributed by atoms with Gasteiger partial charge in [0, 0.05) is 43.7 Å². The van der Waals surface area contributed by atoms with E-state index in [1.54, 1.807) is 0 Å². The minimum absolute atomic E-state index is 0.307. The van der Waals surface area contributed by atoms with Gasteiger partial charge in [0.15, 0.2) is 11.8 Å². The zero-order valence-corrected chi connectivity index (χ0v) is 17.9. The molecule has 3 rings (SSSR count). The summed E-state index contributed by atoms with van der Waals surface area (Å²) < 4.78 is 4.05. The minimum atomic E-state index is 0.307. The Balaban J connectivity index is 1.72. The topological polar surface area (TPSA) is 84.9 Å². The average Bonchev–Trinajstić information content (AvgIpc) is 3.25. The van der Waals surface area contributed by atoms with Gasteiger partial charge in [0.2, 0.25) is 0 Å². The van der Waals surface area contributed by atoms with Crippen molar-refractivity contribution < 1.29 is 0 Å². The molecule has 3 heterocycles. The van der Waals surface area contributed by atoms with Crippen LogP contribution in [0.15, 0.2) is 4.99 Å². The van der Waals surface area contributed by atoms with Gasteiger partial charge in [-0.25, -0.2) is 14.7 Å². The van der Waals surface area contributed by atoms with Crippen LogP contribution in [0, 0.1) is 0 Å². The van der Waals surface area contributed by atoms with Gasteiger partial charge in [-0.05, 0) is 26.2 Å². The molecule has 2 aromatic rings. The molecule has 0 radical (unpaired) electrons. The van der Waals surface area contributed by atoms with Gasteiger partial charge < -0.3 is 10.6 Å². The molecule has 8 nitrogen and oxygen atoms in total. The normalized spacial score (nSPS) is 16.9. The first-order chi connectivity index (χ1) is 13.6. The fraction of sp³-hybridized carbons (Fsp3) is 0.700. The molecule has 0 amide bonds. The maximum Gasteiger partial charge on any atom is 0.191 e. The number of nitrogens with zero attached hydrogens (tertiary/aromatic N) is 6. The van der Waals surface area contributed by atoms with Crippen molar-refractivity contribution in [3.8, 4) is 0 Å². The van der Waals surface area contributed by atoms with Crippen LogP contribution in [0.2, 0.25) is 0 Å². The molecule has 0 aliphatic carbocycles. The minimum Gasteiger partial charge on any atom is -0.357 e. The lowest BCUT2D eigenvalue weighted by Gasteiger charge is -2.25. The highest BCUT2D eigenvalue weighted by Gasteiger charge is 2.22. The standard InChI is InChI=1S/C20H34N8/c1-6-16-15(17(7-2)27(5)25-16)12-22-20(21-9-4)23-14-10-11-19-24-18(8-3)26-28(19)13-14/h14H,6-13H2,1-5H3,(H2,21,22,23). The summed E-state index contributed by atoms with van der Waals surface area (Å²) in [5, 5.41) is 16.3. The smallest absolute Gasteiger partial charge is 0.191 e. The molecule has 0 bridgehead atoms. The molecule has 1 atom stereocenters. The summed E-state index contributed by atoms with van der Waals surface area (Å²) in [6.07, 6.45) is 4.77. The first kappa shape index (κ1) is 20.4. The highest BCUT2D eigenvalue weighted by Crippen LogP contribution is 2.17. The zero-order chi connectivity index (χ0) is 20.1. The van der Waals surface area contributed by atoms with Crippen molar-refractivity contribution in [2.75, 3.05) is 6.54 Å². The number of hydrogen-bond donors (Lipinski definition) is 2. The first-order valence-electron chi connectivity index (χ1n) is 10.6. The van der Waals surface area contributed by atoms with Crippen molar-refractivity contribution >= 4 is 5.96 Å². The van der Waals surface area contributed by atoms with Crippen LogP contribution in [0.4, 0.5) is 0 Å². The molecule has 8 heteroatoms. The van der Waals surface area contributed by atoms with Crippen molar-refractivity contribution in [1.29, 1.82) is 0 Å². The predicted octanol–water partition coefficient (Wildman–Crippen LogP) is 1.77. The van der Waals surface area contributed by atoms with E-state index in [2.05, 4.69) is 58.2 Å². The zero-order valence-electron chi connectivity index (χ0n) is 17.9. The number of aliphatic imine (C=N–C) groups is 1. The second kappa shape index (κ2) is 9.21. The largest absolute Gasteiger partial charge is 0.357 e. The first-order valence-corrected chi connectivity index (χ1v) is 10.6. The van der Waals surface area contributed by atoms with E-state index in [-0.39, 0.29) is 0 Å². The number of aromatic nitrogens is 5. The number of nitrogens with one attached hydrogen (secondary N) is 2. The summed E-state index contributed by atoms with van der Waals surface area (Å²) in [6, 6.07) is 0.307. The van der Waals surface area contributed by atoms with Gasteiger partial charge in [-0.3, -0.25) is 4.68 Å². The van der Waals surface area contributed by atoms with Crippen molar-refractivity contribution in [2.24, 2.45) is 12.0 Å². The molecule has 0 fully saturated rings. The SMILES string of the molecule is CCNC(=NCc1c(CC)nn(C)c1CC)NC1CCc2nc(CC)nn2C1. The quantitative estimate of drug-likeness (QED) is 0.560. The third-order valence-corrected chi connectivity index (χ3v) is 5.33. The van der Waals surface area contributed by atoms with E-state index in [0.717, 1.165) is 68.5 Å². The van der Waals surface area contributed by atoms with E-state index < -0.39 is 0 Å². The average molecular weight is 387 g/mol.